The third-order valence-corrected chi connectivity index (χ3v) is 3.26. The first-order valence-corrected chi connectivity index (χ1v) is 7.93. The minimum Gasteiger partial charge on any atom is -0.493 e. The first kappa shape index (κ1) is 21.2. The van der Waals surface area contributed by atoms with Crippen LogP contribution in [0, 0.1) is 0 Å². The fraction of sp³-hybridized carbons (Fsp3) is 0.471. The van der Waals surface area contributed by atoms with E-state index in [9.17, 15) is 9.59 Å². The Morgan fingerprint density at radius 1 is 1.04 bits per heavy atom. The van der Waals surface area contributed by atoms with Crippen molar-refractivity contribution in [2.45, 2.75) is 12.8 Å². The van der Waals surface area contributed by atoms with Gasteiger partial charge in [0.05, 0.1) is 27.5 Å². The van der Waals surface area contributed by atoms with Crippen LogP contribution in [0.1, 0.15) is 18.4 Å². The normalized spacial score (nSPS) is 10.5. The molecular formula is C17H25N3O6. The number of nitrogens with one attached hydrogen (secondary N) is 2. The number of methoxy groups -OCH3 is 4. The predicted octanol–water partition coefficient (Wildman–Crippen LogP) is 0.705. The van der Waals surface area contributed by atoms with Crippen molar-refractivity contribution in [1.29, 1.82) is 0 Å². The van der Waals surface area contributed by atoms with E-state index in [1.807, 2.05) is 0 Å². The number of ether oxygens (including phenoxy) is 4. The molecule has 9 nitrogen and oxygen atoms in total. The van der Waals surface area contributed by atoms with Crippen LogP contribution in [-0.2, 0) is 14.3 Å². The third kappa shape index (κ3) is 6.98. The van der Waals surface area contributed by atoms with Crippen molar-refractivity contribution >= 4 is 18.0 Å². The van der Waals surface area contributed by atoms with E-state index in [0.717, 1.165) is 0 Å². The average Bonchev–Trinajstić information content (AvgIpc) is 2.64. The number of hydrogen-bond donors (Lipinski definition) is 2. The SMILES string of the molecule is COCCCNC(=O)CC(=O)N/N=C/c1cc(OC)c(OC)c(OC)c1. The third-order valence-electron chi connectivity index (χ3n) is 3.26. The van der Waals surface area contributed by atoms with Gasteiger partial charge in [-0.25, -0.2) is 5.43 Å². The Hall–Kier alpha value is -2.81. The highest BCUT2D eigenvalue weighted by Crippen LogP contribution is 2.37. The van der Waals surface area contributed by atoms with Gasteiger partial charge in [0.25, 0.3) is 0 Å². The van der Waals surface area contributed by atoms with Crippen molar-refractivity contribution in [3.63, 3.8) is 0 Å². The Bertz CT molecular complexity index is 608. The van der Waals surface area contributed by atoms with Crippen molar-refractivity contribution in [3.05, 3.63) is 17.7 Å². The van der Waals surface area contributed by atoms with Crippen LogP contribution in [0.5, 0.6) is 17.2 Å². The van der Waals surface area contributed by atoms with Gasteiger partial charge in [0, 0.05) is 25.8 Å². The molecule has 0 aliphatic rings. The van der Waals surface area contributed by atoms with E-state index in [1.165, 1.54) is 27.5 Å². The maximum atomic E-state index is 11.7. The summed E-state index contributed by atoms with van der Waals surface area (Å²) in [5.41, 5.74) is 2.93. The molecule has 1 rings (SSSR count). The Morgan fingerprint density at radius 2 is 1.69 bits per heavy atom. The quantitative estimate of drug-likeness (QED) is 0.258. The molecule has 0 heterocycles. The van der Waals surface area contributed by atoms with Crippen molar-refractivity contribution in [2.75, 3.05) is 41.6 Å². The zero-order chi connectivity index (χ0) is 19.4. The largest absolute Gasteiger partial charge is 0.493 e. The Morgan fingerprint density at radius 3 is 2.23 bits per heavy atom. The highest BCUT2D eigenvalue weighted by atomic mass is 16.5. The van der Waals surface area contributed by atoms with Crippen LogP contribution in [0.2, 0.25) is 0 Å². The first-order chi connectivity index (χ1) is 12.5. The summed E-state index contributed by atoms with van der Waals surface area (Å²) in [6, 6.07) is 3.36. The molecule has 0 saturated heterocycles. The Kier molecular flexibility index (Phi) is 9.55. The molecule has 0 saturated carbocycles. The molecule has 0 aliphatic heterocycles. The van der Waals surface area contributed by atoms with Gasteiger partial charge in [-0.3, -0.25) is 9.59 Å². The number of benzene rings is 1. The van der Waals surface area contributed by atoms with E-state index in [2.05, 4.69) is 15.8 Å². The van der Waals surface area contributed by atoms with Gasteiger partial charge in [-0.15, -0.1) is 0 Å². The van der Waals surface area contributed by atoms with Crippen LogP contribution >= 0.6 is 0 Å². The molecule has 0 spiro atoms. The molecular weight excluding hydrogens is 342 g/mol. The average molecular weight is 367 g/mol. The summed E-state index contributed by atoms with van der Waals surface area (Å²) in [6.45, 7) is 1.00. The number of nitrogens with zero attached hydrogens (tertiary/aromatic N) is 1. The number of hydrazone groups is 1. The van der Waals surface area contributed by atoms with E-state index in [-0.39, 0.29) is 12.3 Å². The van der Waals surface area contributed by atoms with E-state index >= 15 is 0 Å². The smallest absolute Gasteiger partial charge is 0.249 e. The fourth-order valence-electron chi connectivity index (χ4n) is 2.05. The van der Waals surface area contributed by atoms with Gasteiger partial charge >= 0.3 is 0 Å². The van der Waals surface area contributed by atoms with Gasteiger partial charge in [-0.1, -0.05) is 0 Å². The molecule has 2 amide bonds. The summed E-state index contributed by atoms with van der Waals surface area (Å²) in [5.74, 6) is 0.506. The standard InChI is InChI=1S/C17H25N3O6/c1-23-7-5-6-18-15(21)10-16(22)20-19-11-12-8-13(24-2)17(26-4)14(9-12)25-3/h8-9,11H,5-7,10H2,1-4H3,(H,18,21)(H,20,22)/b19-11+. The zero-order valence-electron chi connectivity index (χ0n) is 15.5. The summed E-state index contributed by atoms with van der Waals surface area (Å²) < 4.78 is 20.6. The van der Waals surface area contributed by atoms with Crippen LogP contribution in [0.3, 0.4) is 0 Å². The number of carbonyl (C=O) groups is 2. The minimum atomic E-state index is -0.516. The van der Waals surface area contributed by atoms with E-state index < -0.39 is 5.91 Å². The second kappa shape index (κ2) is 11.7. The number of amides is 2. The van der Waals surface area contributed by atoms with Crippen molar-refractivity contribution in [2.24, 2.45) is 5.10 Å². The van der Waals surface area contributed by atoms with Crippen molar-refractivity contribution < 1.29 is 28.5 Å². The summed E-state index contributed by atoms with van der Waals surface area (Å²) in [6.07, 6.45) is 1.79. The Balaban J connectivity index is 2.57. The molecule has 0 radical (unpaired) electrons. The summed E-state index contributed by atoms with van der Waals surface area (Å²) >= 11 is 0. The topological polar surface area (TPSA) is 107 Å². The lowest BCUT2D eigenvalue weighted by molar-refractivity contribution is -0.129. The van der Waals surface area contributed by atoms with Crippen LogP contribution in [-0.4, -0.2) is 59.6 Å². The lowest BCUT2D eigenvalue weighted by Crippen LogP contribution is -2.30. The molecule has 0 fully saturated rings. The second-order valence-corrected chi connectivity index (χ2v) is 5.12. The first-order valence-electron chi connectivity index (χ1n) is 7.93. The van der Waals surface area contributed by atoms with Crippen LogP contribution < -0.4 is 25.0 Å². The fourth-order valence-corrected chi connectivity index (χ4v) is 2.05. The van der Waals surface area contributed by atoms with Crippen LogP contribution in [0.4, 0.5) is 0 Å². The highest BCUT2D eigenvalue weighted by molar-refractivity contribution is 5.97. The second-order valence-electron chi connectivity index (χ2n) is 5.12. The molecule has 1 aromatic carbocycles. The molecule has 0 atom stereocenters. The molecule has 9 heteroatoms. The van der Waals surface area contributed by atoms with Gasteiger partial charge in [0.15, 0.2) is 11.5 Å². The molecule has 26 heavy (non-hydrogen) atoms. The lowest BCUT2D eigenvalue weighted by atomic mass is 10.2. The molecule has 144 valence electrons. The van der Waals surface area contributed by atoms with Gasteiger partial charge in [0.1, 0.15) is 6.42 Å². The molecule has 0 unspecified atom stereocenters. The van der Waals surface area contributed by atoms with Gasteiger partial charge in [-0.2, -0.15) is 5.10 Å². The van der Waals surface area contributed by atoms with E-state index in [0.29, 0.717) is 42.4 Å². The lowest BCUT2D eigenvalue weighted by Gasteiger charge is -2.12. The Labute approximate surface area is 152 Å². The van der Waals surface area contributed by atoms with Gasteiger partial charge < -0.3 is 24.3 Å². The molecule has 0 bridgehead atoms. The molecule has 0 aromatic heterocycles. The van der Waals surface area contributed by atoms with Crippen molar-refractivity contribution in [3.8, 4) is 17.2 Å². The van der Waals surface area contributed by atoms with Crippen LogP contribution in [0.25, 0.3) is 0 Å². The maximum Gasteiger partial charge on any atom is 0.249 e. The number of carbonyl (C=O) groups excluding carboxylic acids is 2. The summed E-state index contributed by atoms with van der Waals surface area (Å²) in [4.78, 5) is 23.3. The van der Waals surface area contributed by atoms with E-state index in [4.69, 9.17) is 18.9 Å². The number of hydrogen-bond acceptors (Lipinski definition) is 7. The van der Waals surface area contributed by atoms with Gasteiger partial charge in [-0.05, 0) is 18.6 Å². The summed E-state index contributed by atoms with van der Waals surface area (Å²) in [7, 11) is 6.10. The molecule has 2 N–H and O–H groups in total. The zero-order valence-corrected chi connectivity index (χ0v) is 15.5. The maximum absolute atomic E-state index is 11.7. The molecule has 1 aromatic rings. The molecule has 0 aliphatic carbocycles. The van der Waals surface area contributed by atoms with Gasteiger partial charge in [0.2, 0.25) is 17.6 Å². The monoisotopic (exact) mass is 367 g/mol. The summed E-state index contributed by atoms with van der Waals surface area (Å²) in [5, 5.41) is 6.45. The van der Waals surface area contributed by atoms with Crippen molar-refractivity contribution in [1.82, 2.24) is 10.7 Å². The predicted molar refractivity (Wildman–Crippen MR) is 96.0 cm³/mol. The highest BCUT2D eigenvalue weighted by Gasteiger charge is 2.12. The minimum absolute atomic E-state index is 0.306. The van der Waals surface area contributed by atoms with Crippen LogP contribution in [0.15, 0.2) is 17.2 Å². The van der Waals surface area contributed by atoms with E-state index in [1.54, 1.807) is 19.2 Å². The number of rotatable bonds is 11.